The van der Waals surface area contributed by atoms with E-state index in [2.05, 4.69) is 0 Å². The van der Waals surface area contributed by atoms with Gasteiger partial charge >= 0.3 is 5.97 Å². The fourth-order valence-corrected chi connectivity index (χ4v) is 1.58. The zero-order valence-electron chi connectivity index (χ0n) is 9.10. The number of carbonyl (C=O) groups is 1. The minimum atomic E-state index is -1.02. The van der Waals surface area contributed by atoms with E-state index >= 15 is 0 Å². The summed E-state index contributed by atoms with van der Waals surface area (Å²) in [5.41, 5.74) is 1.34. The lowest BCUT2D eigenvalue weighted by Gasteiger charge is -1.96. The molecule has 0 saturated heterocycles. The van der Waals surface area contributed by atoms with Crippen LogP contribution in [0.25, 0.3) is 11.3 Å². The summed E-state index contributed by atoms with van der Waals surface area (Å²) in [7, 11) is 0. The first-order valence-corrected chi connectivity index (χ1v) is 4.96. The van der Waals surface area contributed by atoms with Crippen molar-refractivity contribution in [3.05, 3.63) is 47.2 Å². The Morgan fingerprint density at radius 3 is 2.76 bits per heavy atom. The lowest BCUT2D eigenvalue weighted by Crippen LogP contribution is -1.94. The van der Waals surface area contributed by atoms with Crippen molar-refractivity contribution in [3.8, 4) is 17.4 Å². The van der Waals surface area contributed by atoms with Gasteiger partial charge in [0.2, 0.25) is 0 Å². The zero-order chi connectivity index (χ0) is 12.4. The Bertz CT molecular complexity index is 620. The molecule has 1 aromatic carbocycles. The summed E-state index contributed by atoms with van der Waals surface area (Å²) in [5.74, 6) is -0.208. The number of benzene rings is 1. The fourth-order valence-electron chi connectivity index (χ4n) is 1.58. The summed E-state index contributed by atoms with van der Waals surface area (Å²) >= 11 is 0. The predicted octanol–water partition coefficient (Wildman–Crippen LogP) is 2.82. The lowest BCUT2D eigenvalue weighted by atomic mass is 10.1. The molecule has 84 valence electrons. The second kappa shape index (κ2) is 4.14. The number of furan rings is 1. The Morgan fingerprint density at radius 2 is 2.18 bits per heavy atom. The smallest absolute Gasteiger partial charge is 0.339 e. The van der Waals surface area contributed by atoms with Gasteiger partial charge in [-0.2, -0.15) is 5.26 Å². The first-order valence-electron chi connectivity index (χ1n) is 4.96. The van der Waals surface area contributed by atoms with Crippen molar-refractivity contribution in [2.24, 2.45) is 0 Å². The lowest BCUT2D eigenvalue weighted by molar-refractivity contribution is 0.0695. The predicted molar refractivity (Wildman–Crippen MR) is 60.6 cm³/mol. The number of hydrogen-bond donors (Lipinski definition) is 1. The molecule has 1 N–H and O–H groups in total. The van der Waals surface area contributed by atoms with Crippen LogP contribution in [-0.4, -0.2) is 11.1 Å². The molecule has 0 unspecified atom stereocenters. The first kappa shape index (κ1) is 11.0. The summed E-state index contributed by atoms with van der Waals surface area (Å²) in [6.45, 7) is 1.60. The van der Waals surface area contributed by atoms with Crippen molar-refractivity contribution >= 4 is 5.97 Å². The number of rotatable bonds is 2. The van der Waals surface area contributed by atoms with E-state index in [0.717, 1.165) is 0 Å². The largest absolute Gasteiger partial charge is 0.478 e. The van der Waals surface area contributed by atoms with Gasteiger partial charge in [-0.05, 0) is 25.1 Å². The monoisotopic (exact) mass is 227 g/mol. The molecule has 4 heteroatoms. The summed E-state index contributed by atoms with van der Waals surface area (Å²) in [5, 5.41) is 17.7. The molecule has 0 saturated carbocycles. The maximum Gasteiger partial charge on any atom is 0.339 e. The van der Waals surface area contributed by atoms with Crippen LogP contribution >= 0.6 is 0 Å². The molecular weight excluding hydrogens is 218 g/mol. The van der Waals surface area contributed by atoms with E-state index in [4.69, 9.17) is 14.8 Å². The molecule has 1 aromatic heterocycles. The maximum atomic E-state index is 10.9. The molecule has 0 atom stereocenters. The molecule has 0 radical (unpaired) electrons. The molecule has 0 aliphatic heterocycles. The van der Waals surface area contributed by atoms with Crippen LogP contribution in [0.15, 0.2) is 34.7 Å². The van der Waals surface area contributed by atoms with Crippen molar-refractivity contribution in [2.75, 3.05) is 0 Å². The van der Waals surface area contributed by atoms with Gasteiger partial charge in [-0.15, -0.1) is 0 Å². The quantitative estimate of drug-likeness (QED) is 0.855. The average Bonchev–Trinajstić information content (AvgIpc) is 2.71. The highest BCUT2D eigenvalue weighted by Gasteiger charge is 2.14. The van der Waals surface area contributed by atoms with Crippen molar-refractivity contribution in [2.45, 2.75) is 6.92 Å². The number of aryl methyl sites for hydroxylation is 1. The van der Waals surface area contributed by atoms with Gasteiger partial charge in [0.25, 0.3) is 0 Å². The summed E-state index contributed by atoms with van der Waals surface area (Å²) < 4.78 is 5.37. The number of nitriles is 1. The Kier molecular flexibility index (Phi) is 2.67. The van der Waals surface area contributed by atoms with E-state index in [0.29, 0.717) is 22.6 Å². The molecule has 2 aromatic rings. The van der Waals surface area contributed by atoms with E-state index in [1.165, 1.54) is 6.07 Å². The molecule has 0 fully saturated rings. The normalized spacial score (nSPS) is 9.88. The Labute approximate surface area is 97.7 Å². The molecule has 0 bridgehead atoms. The number of carboxylic acids is 1. The molecule has 0 amide bonds. The second-order valence-electron chi connectivity index (χ2n) is 3.58. The Hall–Kier alpha value is -2.54. The van der Waals surface area contributed by atoms with E-state index in [1.807, 2.05) is 6.07 Å². The number of nitrogens with zero attached hydrogens (tertiary/aromatic N) is 1. The summed E-state index contributed by atoms with van der Waals surface area (Å²) in [6.07, 6.45) is 0. The SMILES string of the molecule is Cc1oc(-c2cccc(C#N)c2)cc1C(=O)O. The van der Waals surface area contributed by atoms with Gasteiger partial charge in [0, 0.05) is 5.56 Å². The Morgan fingerprint density at radius 1 is 1.41 bits per heavy atom. The highest BCUT2D eigenvalue weighted by molar-refractivity contribution is 5.90. The van der Waals surface area contributed by atoms with Crippen LogP contribution in [0.4, 0.5) is 0 Å². The summed E-state index contributed by atoms with van der Waals surface area (Å²) in [6, 6.07) is 10.3. The minimum Gasteiger partial charge on any atom is -0.478 e. The molecule has 4 nitrogen and oxygen atoms in total. The highest BCUT2D eigenvalue weighted by atomic mass is 16.4. The third-order valence-electron chi connectivity index (χ3n) is 2.42. The second-order valence-corrected chi connectivity index (χ2v) is 3.58. The van der Waals surface area contributed by atoms with Crippen LogP contribution in [0.3, 0.4) is 0 Å². The van der Waals surface area contributed by atoms with Crippen molar-refractivity contribution < 1.29 is 14.3 Å². The third kappa shape index (κ3) is 2.04. The summed E-state index contributed by atoms with van der Waals surface area (Å²) in [4.78, 5) is 10.9. The van der Waals surface area contributed by atoms with Gasteiger partial charge in [0.15, 0.2) is 0 Å². The van der Waals surface area contributed by atoms with Crippen molar-refractivity contribution in [1.82, 2.24) is 0 Å². The molecule has 0 aliphatic rings. The molecule has 17 heavy (non-hydrogen) atoms. The molecule has 1 heterocycles. The molecule has 0 spiro atoms. The van der Waals surface area contributed by atoms with E-state index in [-0.39, 0.29) is 5.56 Å². The Balaban J connectivity index is 2.50. The number of carboxylic acid groups (broad SMARTS) is 1. The van der Waals surface area contributed by atoms with Gasteiger partial charge in [-0.1, -0.05) is 12.1 Å². The van der Waals surface area contributed by atoms with Crippen LogP contribution in [0, 0.1) is 18.3 Å². The first-order chi connectivity index (χ1) is 8.11. The van der Waals surface area contributed by atoms with Crippen LogP contribution in [0.5, 0.6) is 0 Å². The van der Waals surface area contributed by atoms with Gasteiger partial charge < -0.3 is 9.52 Å². The number of hydrogen-bond acceptors (Lipinski definition) is 3. The van der Waals surface area contributed by atoms with Crippen molar-refractivity contribution in [1.29, 1.82) is 5.26 Å². The molecule has 2 rings (SSSR count). The van der Waals surface area contributed by atoms with Crippen LogP contribution < -0.4 is 0 Å². The fraction of sp³-hybridized carbons (Fsp3) is 0.0769. The van der Waals surface area contributed by atoms with Crippen molar-refractivity contribution in [3.63, 3.8) is 0 Å². The number of aromatic carboxylic acids is 1. The highest BCUT2D eigenvalue weighted by Crippen LogP contribution is 2.25. The van der Waals surface area contributed by atoms with Gasteiger partial charge in [0.05, 0.1) is 11.6 Å². The van der Waals surface area contributed by atoms with E-state index in [1.54, 1.807) is 31.2 Å². The minimum absolute atomic E-state index is 0.141. The maximum absolute atomic E-state index is 10.9. The van der Waals surface area contributed by atoms with Crippen LogP contribution in [0.2, 0.25) is 0 Å². The van der Waals surface area contributed by atoms with Crippen LogP contribution in [-0.2, 0) is 0 Å². The van der Waals surface area contributed by atoms with E-state index < -0.39 is 5.97 Å². The standard InChI is InChI=1S/C13H9NO3/c1-8-11(13(15)16)6-12(17-8)10-4-2-3-9(5-10)7-14/h2-6H,1H3,(H,15,16). The topological polar surface area (TPSA) is 74.2 Å². The average molecular weight is 227 g/mol. The van der Waals surface area contributed by atoms with E-state index in [9.17, 15) is 4.79 Å². The zero-order valence-corrected chi connectivity index (χ0v) is 9.10. The van der Waals surface area contributed by atoms with Gasteiger partial charge in [-0.3, -0.25) is 0 Å². The van der Waals surface area contributed by atoms with Crippen LogP contribution in [0.1, 0.15) is 21.7 Å². The van der Waals surface area contributed by atoms with Gasteiger partial charge in [-0.25, -0.2) is 4.79 Å². The molecule has 0 aliphatic carbocycles. The molecular formula is C13H9NO3. The van der Waals surface area contributed by atoms with Gasteiger partial charge in [0.1, 0.15) is 17.1 Å². The third-order valence-corrected chi connectivity index (χ3v) is 2.42.